The summed E-state index contributed by atoms with van der Waals surface area (Å²) in [5.41, 5.74) is 0. The molecule has 0 atom stereocenters. The Balaban J connectivity index is 0. The quantitative estimate of drug-likeness (QED) is 0.276. The number of nitrogens with two attached hydrogens (primary N) is 1. The minimum atomic E-state index is -4.67. The Kier molecular flexibility index (Phi) is 5.62. The molecule has 0 rings (SSSR count). The Bertz CT molecular complexity index is 91.2. The third kappa shape index (κ3) is 1890. The highest BCUT2D eigenvalue weighted by molar-refractivity contribution is 7.79. The van der Waals surface area contributed by atoms with Crippen LogP contribution in [-0.2, 0) is 15.6 Å². The van der Waals surface area contributed by atoms with Crippen molar-refractivity contribution in [1.29, 1.82) is 0 Å². The Morgan fingerprint density at radius 3 is 1.14 bits per heavy atom. The minimum absolute atomic E-state index is 3.25. The van der Waals surface area contributed by atoms with Crippen LogP contribution in [0.1, 0.15) is 0 Å². The van der Waals surface area contributed by atoms with Crippen molar-refractivity contribution in [3.63, 3.8) is 0 Å². The fourth-order valence-electron chi connectivity index (χ4n) is 0. The Labute approximate surface area is 40.1 Å². The zero-order chi connectivity index (χ0) is 6.50. The van der Waals surface area contributed by atoms with E-state index < -0.39 is 10.4 Å². The van der Waals surface area contributed by atoms with Crippen LogP contribution in [0.4, 0.5) is 0 Å². The van der Waals surface area contributed by atoms with Crippen LogP contribution in [-0.4, -0.2) is 17.5 Å². The molecule has 0 saturated carbocycles. The molecular weight excluding hydrogens is 126 g/mol. The highest BCUT2D eigenvalue weighted by atomic mass is 32.3. The van der Waals surface area contributed by atoms with E-state index in [0.717, 1.165) is 0 Å². The van der Waals surface area contributed by atoms with E-state index in [-0.39, 0.29) is 0 Å². The van der Waals surface area contributed by atoms with Gasteiger partial charge in [0.05, 0.1) is 0 Å². The van der Waals surface area contributed by atoms with Gasteiger partial charge in [-0.3, -0.25) is 9.11 Å². The van der Waals surface area contributed by atoms with E-state index in [1.807, 2.05) is 0 Å². The SMILES string of the molecule is N[O].O=S(=O)(O)O. The van der Waals surface area contributed by atoms with Gasteiger partial charge in [-0.1, -0.05) is 0 Å². The summed E-state index contributed by atoms with van der Waals surface area (Å²) in [6, 6.07) is 0. The maximum Gasteiger partial charge on any atom is 0.394 e. The van der Waals surface area contributed by atoms with Gasteiger partial charge in [0.1, 0.15) is 0 Å². The fourth-order valence-corrected chi connectivity index (χ4v) is 0. The summed E-state index contributed by atoms with van der Waals surface area (Å²) in [5.74, 6) is 3.25. The molecular formula is H4NO5S. The molecule has 0 aromatic rings. The van der Waals surface area contributed by atoms with Crippen molar-refractivity contribution in [2.75, 3.05) is 0 Å². The van der Waals surface area contributed by atoms with Gasteiger partial charge in [-0.05, 0) is 0 Å². The van der Waals surface area contributed by atoms with Crippen LogP contribution in [0.3, 0.4) is 0 Å². The second-order valence-corrected chi connectivity index (χ2v) is 1.34. The molecule has 0 aliphatic carbocycles. The van der Waals surface area contributed by atoms with E-state index >= 15 is 0 Å². The van der Waals surface area contributed by atoms with Gasteiger partial charge in [0.2, 0.25) is 0 Å². The van der Waals surface area contributed by atoms with Crippen LogP contribution < -0.4 is 5.90 Å². The van der Waals surface area contributed by atoms with E-state index in [4.69, 9.17) is 22.7 Å². The van der Waals surface area contributed by atoms with E-state index in [2.05, 4.69) is 5.90 Å². The molecule has 0 saturated heterocycles. The third-order valence-corrected chi connectivity index (χ3v) is 0. The van der Waals surface area contributed by atoms with Gasteiger partial charge < -0.3 is 0 Å². The van der Waals surface area contributed by atoms with Crippen molar-refractivity contribution in [3.8, 4) is 0 Å². The first-order chi connectivity index (χ1) is 3.00. The van der Waals surface area contributed by atoms with Crippen molar-refractivity contribution in [2.24, 2.45) is 5.90 Å². The Morgan fingerprint density at radius 1 is 1.14 bits per heavy atom. The monoisotopic (exact) mass is 130 g/mol. The normalized spacial score (nSPS) is 9.14. The molecule has 0 heterocycles. The zero-order valence-electron chi connectivity index (χ0n) is 3.10. The van der Waals surface area contributed by atoms with Crippen molar-refractivity contribution >= 4 is 10.4 Å². The minimum Gasteiger partial charge on any atom is -0.264 e. The van der Waals surface area contributed by atoms with Gasteiger partial charge in [0.25, 0.3) is 0 Å². The first-order valence-electron chi connectivity index (χ1n) is 0.934. The first kappa shape index (κ1) is 9.92. The van der Waals surface area contributed by atoms with Gasteiger partial charge in [0, 0.05) is 0 Å². The maximum atomic E-state index is 8.74. The lowest BCUT2D eigenvalue weighted by atomic mass is 13.6. The second-order valence-electron chi connectivity index (χ2n) is 0.448. The molecule has 0 aromatic carbocycles. The predicted octanol–water partition coefficient (Wildman–Crippen LogP) is -1.36. The van der Waals surface area contributed by atoms with Gasteiger partial charge in [-0.2, -0.15) is 14.3 Å². The van der Waals surface area contributed by atoms with E-state index in [9.17, 15) is 0 Å². The molecule has 4 N–H and O–H groups in total. The molecule has 0 unspecified atom stereocenters. The number of rotatable bonds is 0. The molecule has 6 nitrogen and oxygen atoms in total. The molecule has 7 heteroatoms. The smallest absolute Gasteiger partial charge is 0.264 e. The fraction of sp³-hybridized carbons (Fsp3) is 0. The molecule has 0 aromatic heterocycles. The average Bonchev–Trinajstić information content (AvgIpc) is 1.36. The summed E-state index contributed by atoms with van der Waals surface area (Å²) in [6.45, 7) is 0. The molecule has 0 aliphatic heterocycles. The van der Waals surface area contributed by atoms with E-state index in [1.165, 1.54) is 0 Å². The van der Waals surface area contributed by atoms with Crippen molar-refractivity contribution in [1.82, 2.24) is 0 Å². The summed E-state index contributed by atoms with van der Waals surface area (Å²) < 4.78 is 31.6. The first-order valence-corrected chi connectivity index (χ1v) is 2.33. The number of hydrogen-bond donors (Lipinski definition) is 3. The van der Waals surface area contributed by atoms with Gasteiger partial charge >= 0.3 is 10.4 Å². The zero-order valence-corrected chi connectivity index (χ0v) is 3.92. The van der Waals surface area contributed by atoms with Crippen LogP contribution in [0.25, 0.3) is 0 Å². The lowest BCUT2D eigenvalue weighted by Gasteiger charge is -1.68. The highest BCUT2D eigenvalue weighted by Crippen LogP contribution is 1.59. The Hall–Kier alpha value is -0.210. The van der Waals surface area contributed by atoms with Crippen LogP contribution in [0.5, 0.6) is 0 Å². The lowest BCUT2D eigenvalue weighted by Crippen LogP contribution is -1.89. The standard InChI is InChI=1S/H2NO.H2O4S/c1-2;1-5(2,3)4/h1H2;(H2,1,2,3,4). The summed E-state index contributed by atoms with van der Waals surface area (Å²) in [5, 5.41) is 7.75. The van der Waals surface area contributed by atoms with E-state index in [0.29, 0.717) is 0 Å². The lowest BCUT2D eigenvalue weighted by molar-refractivity contribution is 0.201. The summed E-state index contributed by atoms with van der Waals surface area (Å²) in [4.78, 5) is 0. The van der Waals surface area contributed by atoms with E-state index in [1.54, 1.807) is 0 Å². The van der Waals surface area contributed by atoms with Gasteiger partial charge in [-0.15, -0.1) is 5.21 Å². The van der Waals surface area contributed by atoms with Gasteiger partial charge in [0.15, 0.2) is 0 Å². The Morgan fingerprint density at radius 2 is 1.14 bits per heavy atom. The average molecular weight is 130 g/mol. The molecule has 0 amide bonds. The van der Waals surface area contributed by atoms with Crippen molar-refractivity contribution in [3.05, 3.63) is 0 Å². The van der Waals surface area contributed by atoms with Gasteiger partial charge in [-0.25, -0.2) is 0 Å². The molecule has 0 aliphatic rings. The third-order valence-electron chi connectivity index (χ3n) is 0. The maximum absolute atomic E-state index is 8.74. The largest absolute Gasteiger partial charge is 0.394 e. The molecule has 0 fully saturated rings. The summed E-state index contributed by atoms with van der Waals surface area (Å²) in [6.07, 6.45) is 0. The second kappa shape index (κ2) is 3.96. The predicted molar refractivity (Wildman–Crippen MR) is 19.1 cm³/mol. The van der Waals surface area contributed by atoms with Crippen molar-refractivity contribution < 1.29 is 22.7 Å². The van der Waals surface area contributed by atoms with Crippen LogP contribution in [0, 0.1) is 0 Å². The molecule has 45 valence electrons. The van der Waals surface area contributed by atoms with Crippen LogP contribution in [0.2, 0.25) is 0 Å². The molecule has 1 radical (unpaired) electrons. The number of hydrogen-bond acceptors (Lipinski definition) is 3. The van der Waals surface area contributed by atoms with Crippen LogP contribution in [0.15, 0.2) is 0 Å². The topological polar surface area (TPSA) is 121 Å². The molecule has 7 heavy (non-hydrogen) atoms. The van der Waals surface area contributed by atoms with Crippen LogP contribution >= 0.6 is 0 Å². The highest BCUT2D eigenvalue weighted by Gasteiger charge is 1.84. The molecule has 0 spiro atoms. The van der Waals surface area contributed by atoms with Crippen molar-refractivity contribution in [2.45, 2.75) is 0 Å². The summed E-state index contributed by atoms with van der Waals surface area (Å²) >= 11 is 0. The summed E-state index contributed by atoms with van der Waals surface area (Å²) in [7, 11) is -4.67. The molecule has 0 bridgehead atoms.